The zero-order valence-corrected chi connectivity index (χ0v) is 8.27. The number of aryl methyl sites for hydroxylation is 1. The first-order chi connectivity index (χ1) is 5.77. The van der Waals surface area contributed by atoms with Crippen molar-refractivity contribution < 1.29 is 0 Å². The number of thiol groups is 1. The third-order valence-electron chi connectivity index (χ3n) is 2.69. The highest BCUT2D eigenvalue weighted by atomic mass is 32.1. The van der Waals surface area contributed by atoms with Crippen molar-refractivity contribution in [1.29, 1.82) is 0 Å². The Bertz CT molecular complexity index is 291. The van der Waals surface area contributed by atoms with Gasteiger partial charge in [-0.3, -0.25) is 0 Å². The van der Waals surface area contributed by atoms with Crippen LogP contribution in [0.2, 0.25) is 0 Å². The van der Waals surface area contributed by atoms with Gasteiger partial charge in [0.1, 0.15) is 0 Å². The summed E-state index contributed by atoms with van der Waals surface area (Å²) in [7, 11) is 0. The van der Waals surface area contributed by atoms with Crippen molar-refractivity contribution in [3.05, 3.63) is 34.9 Å². The van der Waals surface area contributed by atoms with Gasteiger partial charge in [0.15, 0.2) is 0 Å². The van der Waals surface area contributed by atoms with Crippen LogP contribution in [0.3, 0.4) is 0 Å². The Kier molecular flexibility index (Phi) is 2.14. The van der Waals surface area contributed by atoms with Crippen LogP contribution in [0.4, 0.5) is 0 Å². The zero-order valence-electron chi connectivity index (χ0n) is 7.38. The molecule has 0 nitrogen and oxygen atoms in total. The summed E-state index contributed by atoms with van der Waals surface area (Å²) in [6.45, 7) is 2.21. The average Bonchev–Trinajstić information content (AvgIpc) is 2.04. The van der Waals surface area contributed by atoms with Crippen molar-refractivity contribution in [2.45, 2.75) is 31.4 Å². The van der Waals surface area contributed by atoms with Crippen LogP contribution < -0.4 is 0 Å². The molecule has 0 spiro atoms. The molecule has 1 aliphatic rings. The quantitative estimate of drug-likeness (QED) is 0.580. The van der Waals surface area contributed by atoms with Crippen LogP contribution in [-0.4, -0.2) is 5.25 Å². The Balaban J connectivity index is 2.42. The molecule has 0 radical (unpaired) electrons. The van der Waals surface area contributed by atoms with Crippen LogP contribution in [-0.2, 0) is 12.8 Å². The Morgan fingerprint density at radius 3 is 3.08 bits per heavy atom. The molecule has 0 heterocycles. The molecule has 0 saturated carbocycles. The fourth-order valence-electron chi connectivity index (χ4n) is 1.98. The molecule has 1 heteroatoms. The molecule has 1 aliphatic carbocycles. The smallest absolute Gasteiger partial charge is 0.00604 e. The van der Waals surface area contributed by atoms with E-state index in [-0.39, 0.29) is 0 Å². The van der Waals surface area contributed by atoms with Gasteiger partial charge in [-0.25, -0.2) is 0 Å². The Morgan fingerprint density at radius 2 is 2.25 bits per heavy atom. The van der Waals surface area contributed by atoms with E-state index in [4.69, 9.17) is 0 Å². The summed E-state index contributed by atoms with van der Waals surface area (Å²) in [5.41, 5.74) is 4.54. The first-order valence-electron chi connectivity index (χ1n) is 4.53. The van der Waals surface area contributed by atoms with Gasteiger partial charge in [-0.05, 0) is 42.9 Å². The molecule has 0 bridgehead atoms. The number of fused-ring (bicyclic) bond motifs is 1. The number of hydrogen-bond acceptors (Lipinski definition) is 1. The maximum atomic E-state index is 4.52. The summed E-state index contributed by atoms with van der Waals surface area (Å²) in [6, 6.07) is 6.60. The molecule has 64 valence electrons. The molecule has 1 atom stereocenters. The second-order valence-corrected chi connectivity index (χ2v) is 4.34. The largest absolute Gasteiger partial charge is 0.176 e. The second kappa shape index (κ2) is 3.14. The molecule has 1 unspecified atom stereocenters. The fourth-order valence-corrected chi connectivity index (χ4v) is 2.30. The summed E-state index contributed by atoms with van der Waals surface area (Å²) < 4.78 is 0. The summed E-state index contributed by atoms with van der Waals surface area (Å²) in [6.07, 6.45) is 3.61. The normalized spacial score (nSPS) is 22.0. The second-order valence-electron chi connectivity index (χ2n) is 3.61. The molecular weight excluding hydrogens is 164 g/mol. The molecular formula is C11H14S. The highest BCUT2D eigenvalue weighted by Gasteiger charge is 2.16. The molecule has 0 fully saturated rings. The van der Waals surface area contributed by atoms with Gasteiger partial charge in [0.25, 0.3) is 0 Å². The number of rotatable bonds is 0. The van der Waals surface area contributed by atoms with Gasteiger partial charge in [0.2, 0.25) is 0 Å². The van der Waals surface area contributed by atoms with Gasteiger partial charge in [-0.1, -0.05) is 18.2 Å². The average molecular weight is 178 g/mol. The molecule has 1 aromatic carbocycles. The van der Waals surface area contributed by atoms with E-state index >= 15 is 0 Å². The van der Waals surface area contributed by atoms with Gasteiger partial charge in [-0.15, -0.1) is 0 Å². The minimum absolute atomic E-state index is 0.583. The molecule has 2 rings (SSSR count). The number of hydrogen-bond donors (Lipinski definition) is 1. The molecule has 0 saturated heterocycles. The van der Waals surface area contributed by atoms with E-state index in [2.05, 4.69) is 37.8 Å². The van der Waals surface area contributed by atoms with Crippen LogP contribution in [0.25, 0.3) is 0 Å². The summed E-state index contributed by atoms with van der Waals surface area (Å²) in [5.74, 6) is 0. The highest BCUT2D eigenvalue weighted by Crippen LogP contribution is 2.26. The van der Waals surface area contributed by atoms with Crippen LogP contribution >= 0.6 is 12.6 Å². The first-order valence-corrected chi connectivity index (χ1v) is 5.04. The molecule has 0 aliphatic heterocycles. The van der Waals surface area contributed by atoms with E-state index in [1.54, 1.807) is 5.56 Å². The Morgan fingerprint density at radius 1 is 1.42 bits per heavy atom. The van der Waals surface area contributed by atoms with Gasteiger partial charge in [-0.2, -0.15) is 12.6 Å². The minimum atomic E-state index is 0.583. The zero-order chi connectivity index (χ0) is 8.55. The summed E-state index contributed by atoms with van der Waals surface area (Å²) in [5, 5.41) is 0.583. The lowest BCUT2D eigenvalue weighted by Crippen LogP contribution is -2.14. The maximum absolute atomic E-state index is 4.52. The van der Waals surface area contributed by atoms with E-state index in [1.807, 2.05) is 0 Å². The predicted molar refractivity (Wildman–Crippen MR) is 56.0 cm³/mol. The van der Waals surface area contributed by atoms with E-state index in [1.165, 1.54) is 24.0 Å². The SMILES string of the molecule is Cc1cccc2c1CCC(S)C2. The topological polar surface area (TPSA) is 0 Å². The summed E-state index contributed by atoms with van der Waals surface area (Å²) >= 11 is 4.52. The van der Waals surface area contributed by atoms with Gasteiger partial charge in [0, 0.05) is 5.25 Å². The lowest BCUT2D eigenvalue weighted by molar-refractivity contribution is 0.702. The molecule has 0 N–H and O–H groups in total. The molecule has 1 aromatic rings. The van der Waals surface area contributed by atoms with Crippen LogP contribution in [0, 0.1) is 6.92 Å². The first kappa shape index (κ1) is 8.18. The van der Waals surface area contributed by atoms with Crippen molar-refractivity contribution in [3.63, 3.8) is 0 Å². The van der Waals surface area contributed by atoms with Gasteiger partial charge < -0.3 is 0 Å². The predicted octanol–water partition coefficient (Wildman–Crippen LogP) is 2.78. The fraction of sp³-hybridized carbons (Fsp3) is 0.455. The Labute approximate surface area is 79.4 Å². The molecule has 0 amide bonds. The Hall–Kier alpha value is -0.430. The summed E-state index contributed by atoms with van der Waals surface area (Å²) in [4.78, 5) is 0. The van der Waals surface area contributed by atoms with Crippen LogP contribution in [0.1, 0.15) is 23.1 Å². The lowest BCUT2D eigenvalue weighted by Gasteiger charge is -2.22. The van der Waals surface area contributed by atoms with E-state index < -0.39 is 0 Å². The molecule has 12 heavy (non-hydrogen) atoms. The van der Waals surface area contributed by atoms with E-state index in [0.717, 1.165) is 6.42 Å². The van der Waals surface area contributed by atoms with Gasteiger partial charge >= 0.3 is 0 Å². The van der Waals surface area contributed by atoms with Crippen molar-refractivity contribution in [1.82, 2.24) is 0 Å². The third-order valence-corrected chi connectivity index (χ3v) is 3.13. The van der Waals surface area contributed by atoms with E-state index in [0.29, 0.717) is 5.25 Å². The van der Waals surface area contributed by atoms with Gasteiger partial charge in [0.05, 0.1) is 0 Å². The van der Waals surface area contributed by atoms with Crippen LogP contribution in [0.5, 0.6) is 0 Å². The minimum Gasteiger partial charge on any atom is -0.176 e. The van der Waals surface area contributed by atoms with Crippen molar-refractivity contribution in [3.8, 4) is 0 Å². The maximum Gasteiger partial charge on any atom is 0.00604 e. The standard InChI is InChI=1S/C11H14S/c1-8-3-2-4-9-7-10(12)5-6-11(8)9/h2-4,10,12H,5-7H2,1H3. The van der Waals surface area contributed by atoms with E-state index in [9.17, 15) is 0 Å². The van der Waals surface area contributed by atoms with Crippen molar-refractivity contribution >= 4 is 12.6 Å². The highest BCUT2D eigenvalue weighted by molar-refractivity contribution is 7.80. The lowest BCUT2D eigenvalue weighted by atomic mass is 9.88. The van der Waals surface area contributed by atoms with Crippen LogP contribution in [0.15, 0.2) is 18.2 Å². The molecule has 0 aromatic heterocycles. The van der Waals surface area contributed by atoms with Crippen molar-refractivity contribution in [2.24, 2.45) is 0 Å². The van der Waals surface area contributed by atoms with Crippen molar-refractivity contribution in [2.75, 3.05) is 0 Å². The number of benzene rings is 1. The third kappa shape index (κ3) is 1.38. The monoisotopic (exact) mass is 178 g/mol.